The van der Waals surface area contributed by atoms with Crippen LogP contribution in [0.25, 0.3) is 0 Å². The van der Waals surface area contributed by atoms with Crippen LogP contribution in [0, 0.1) is 6.92 Å². The highest BCUT2D eigenvalue weighted by Gasteiger charge is 2.39. The number of aryl methyl sites for hydroxylation is 1. The zero-order valence-electron chi connectivity index (χ0n) is 17.9. The van der Waals surface area contributed by atoms with Gasteiger partial charge in [-0.2, -0.15) is 0 Å². The standard InChI is InChI=1S/C25H18Cl3N3O3/c1-14-5-8-16(23(32)29-13-15-6-9-17(26)10-7-15)11-20(14)30-22-21(28)24(33)31(25(22)34)19-4-2-3-18(27)12-19/h2-12,30H,13H2,1H3,(H,29,32). The first-order chi connectivity index (χ1) is 16.2. The predicted molar refractivity (Wildman–Crippen MR) is 134 cm³/mol. The Balaban J connectivity index is 1.52. The molecule has 0 bridgehead atoms. The highest BCUT2D eigenvalue weighted by Crippen LogP contribution is 2.32. The Morgan fingerprint density at radius 2 is 1.62 bits per heavy atom. The maximum atomic E-state index is 13.0. The van der Waals surface area contributed by atoms with E-state index in [1.807, 2.05) is 19.1 Å². The lowest BCUT2D eigenvalue weighted by Gasteiger charge is -2.16. The largest absolute Gasteiger partial charge is 0.349 e. The molecule has 0 saturated carbocycles. The first-order valence-corrected chi connectivity index (χ1v) is 11.3. The van der Waals surface area contributed by atoms with Crippen molar-refractivity contribution in [1.82, 2.24) is 5.32 Å². The van der Waals surface area contributed by atoms with Crippen LogP contribution in [0.3, 0.4) is 0 Å². The van der Waals surface area contributed by atoms with E-state index in [-0.39, 0.29) is 16.6 Å². The fourth-order valence-corrected chi connectivity index (χ4v) is 3.90. The van der Waals surface area contributed by atoms with E-state index in [0.29, 0.717) is 33.5 Å². The van der Waals surface area contributed by atoms with Crippen LogP contribution >= 0.6 is 34.8 Å². The molecule has 1 aliphatic rings. The van der Waals surface area contributed by atoms with E-state index in [4.69, 9.17) is 34.8 Å². The van der Waals surface area contributed by atoms with Crippen molar-refractivity contribution in [2.45, 2.75) is 13.5 Å². The first kappa shape index (κ1) is 23.8. The van der Waals surface area contributed by atoms with Crippen molar-refractivity contribution in [1.29, 1.82) is 0 Å². The normalized spacial score (nSPS) is 13.5. The summed E-state index contributed by atoms with van der Waals surface area (Å²) in [4.78, 5) is 39.4. The number of imide groups is 1. The van der Waals surface area contributed by atoms with E-state index >= 15 is 0 Å². The van der Waals surface area contributed by atoms with Crippen LogP contribution in [-0.2, 0) is 16.1 Å². The quantitative estimate of drug-likeness (QED) is 0.416. The average molecular weight is 515 g/mol. The van der Waals surface area contributed by atoms with Gasteiger partial charge in [-0.3, -0.25) is 14.4 Å². The predicted octanol–water partition coefficient (Wildman–Crippen LogP) is 5.67. The van der Waals surface area contributed by atoms with Crippen LogP contribution < -0.4 is 15.5 Å². The van der Waals surface area contributed by atoms with Gasteiger partial charge in [0, 0.05) is 27.8 Å². The highest BCUT2D eigenvalue weighted by atomic mass is 35.5. The summed E-state index contributed by atoms with van der Waals surface area (Å²) in [5.74, 6) is -1.58. The molecule has 3 aromatic rings. The van der Waals surface area contributed by atoms with Crippen molar-refractivity contribution in [3.05, 3.63) is 104 Å². The van der Waals surface area contributed by atoms with Gasteiger partial charge in [-0.05, 0) is 60.5 Å². The average Bonchev–Trinajstić information content (AvgIpc) is 3.02. The molecular weight excluding hydrogens is 497 g/mol. The number of halogens is 3. The Bertz CT molecular complexity index is 1340. The number of anilines is 2. The fourth-order valence-electron chi connectivity index (χ4n) is 3.38. The van der Waals surface area contributed by atoms with Gasteiger partial charge in [0.2, 0.25) is 0 Å². The van der Waals surface area contributed by atoms with Gasteiger partial charge in [0.1, 0.15) is 10.7 Å². The van der Waals surface area contributed by atoms with Crippen LogP contribution in [-0.4, -0.2) is 17.7 Å². The number of hydrogen-bond acceptors (Lipinski definition) is 4. The molecule has 4 rings (SSSR count). The summed E-state index contributed by atoms with van der Waals surface area (Å²) in [5, 5.41) is 6.53. The smallest absolute Gasteiger partial charge is 0.283 e. The van der Waals surface area contributed by atoms with E-state index in [9.17, 15) is 14.4 Å². The van der Waals surface area contributed by atoms with Gasteiger partial charge in [0.15, 0.2) is 0 Å². The van der Waals surface area contributed by atoms with Crippen LogP contribution in [0.5, 0.6) is 0 Å². The molecule has 6 nitrogen and oxygen atoms in total. The molecule has 9 heteroatoms. The number of nitrogens with zero attached hydrogens (tertiary/aromatic N) is 1. The molecule has 3 amide bonds. The highest BCUT2D eigenvalue weighted by molar-refractivity contribution is 6.53. The number of nitrogens with one attached hydrogen (secondary N) is 2. The SMILES string of the molecule is Cc1ccc(C(=O)NCc2ccc(Cl)cc2)cc1NC1=C(Cl)C(=O)N(c2cccc(Cl)c2)C1=O. The lowest BCUT2D eigenvalue weighted by molar-refractivity contribution is -0.120. The second-order valence-corrected chi connectivity index (χ2v) is 8.83. The van der Waals surface area contributed by atoms with E-state index in [0.717, 1.165) is 16.0 Å². The van der Waals surface area contributed by atoms with Crippen molar-refractivity contribution in [2.24, 2.45) is 0 Å². The van der Waals surface area contributed by atoms with Crippen LogP contribution in [0.15, 0.2) is 77.5 Å². The summed E-state index contributed by atoms with van der Waals surface area (Å²) in [6.07, 6.45) is 0. The van der Waals surface area contributed by atoms with Gasteiger partial charge >= 0.3 is 0 Å². The minimum absolute atomic E-state index is 0.0755. The summed E-state index contributed by atoms with van der Waals surface area (Å²) in [6, 6.07) is 18.5. The molecule has 1 heterocycles. The maximum Gasteiger partial charge on any atom is 0.283 e. The molecule has 0 saturated heterocycles. The molecular formula is C25H18Cl3N3O3. The first-order valence-electron chi connectivity index (χ1n) is 10.2. The summed E-state index contributed by atoms with van der Waals surface area (Å²) in [7, 11) is 0. The topological polar surface area (TPSA) is 78.5 Å². The minimum Gasteiger partial charge on any atom is -0.349 e. The van der Waals surface area contributed by atoms with E-state index in [2.05, 4.69) is 10.6 Å². The van der Waals surface area contributed by atoms with E-state index in [1.165, 1.54) is 6.07 Å². The second kappa shape index (κ2) is 9.89. The van der Waals surface area contributed by atoms with Crippen LogP contribution in [0.1, 0.15) is 21.5 Å². The van der Waals surface area contributed by atoms with Crippen LogP contribution in [0.2, 0.25) is 10.0 Å². The molecule has 0 fully saturated rings. The van der Waals surface area contributed by atoms with Gasteiger partial charge in [-0.15, -0.1) is 0 Å². The molecule has 0 spiro atoms. The number of benzene rings is 3. The number of rotatable bonds is 6. The zero-order valence-corrected chi connectivity index (χ0v) is 20.1. The van der Waals surface area contributed by atoms with Gasteiger partial charge in [-0.1, -0.05) is 59.1 Å². The van der Waals surface area contributed by atoms with Crippen molar-refractivity contribution >= 4 is 63.9 Å². The van der Waals surface area contributed by atoms with Crippen LogP contribution in [0.4, 0.5) is 11.4 Å². The third-order valence-corrected chi connectivity index (χ3v) is 6.06. The van der Waals surface area contributed by atoms with E-state index < -0.39 is 11.8 Å². The molecule has 1 aliphatic heterocycles. The van der Waals surface area contributed by atoms with Gasteiger partial charge < -0.3 is 10.6 Å². The Morgan fingerprint density at radius 3 is 2.32 bits per heavy atom. The number of carbonyl (C=O) groups excluding carboxylic acids is 3. The molecule has 172 valence electrons. The molecule has 0 radical (unpaired) electrons. The number of carbonyl (C=O) groups is 3. The Kier molecular flexibility index (Phi) is 6.93. The second-order valence-electron chi connectivity index (χ2n) is 7.58. The van der Waals surface area contributed by atoms with Crippen molar-refractivity contribution in [3.63, 3.8) is 0 Å². The molecule has 3 aromatic carbocycles. The zero-order chi connectivity index (χ0) is 24.4. The number of hydrogen-bond donors (Lipinski definition) is 2. The van der Waals surface area contributed by atoms with Gasteiger partial charge in [0.05, 0.1) is 5.69 Å². The van der Waals surface area contributed by atoms with Crippen molar-refractivity contribution in [3.8, 4) is 0 Å². The summed E-state index contributed by atoms with van der Waals surface area (Å²) in [5.41, 5.74) is 2.74. The van der Waals surface area contributed by atoms with Gasteiger partial charge in [0.25, 0.3) is 17.7 Å². The fraction of sp³-hybridized carbons (Fsp3) is 0.0800. The Labute approximate surface area is 211 Å². The summed E-state index contributed by atoms with van der Waals surface area (Å²) >= 11 is 18.1. The third kappa shape index (κ3) is 4.94. The Hall–Kier alpha value is -3.32. The lowest BCUT2D eigenvalue weighted by atomic mass is 10.1. The minimum atomic E-state index is -0.661. The summed E-state index contributed by atoms with van der Waals surface area (Å²) < 4.78 is 0. The lowest BCUT2D eigenvalue weighted by Crippen LogP contribution is -2.32. The molecule has 2 N–H and O–H groups in total. The summed E-state index contributed by atoms with van der Waals surface area (Å²) in [6.45, 7) is 2.13. The molecule has 0 atom stereocenters. The Morgan fingerprint density at radius 1 is 0.882 bits per heavy atom. The molecule has 0 aromatic heterocycles. The molecule has 0 aliphatic carbocycles. The molecule has 34 heavy (non-hydrogen) atoms. The van der Waals surface area contributed by atoms with Gasteiger partial charge in [-0.25, -0.2) is 4.90 Å². The third-order valence-electron chi connectivity index (χ3n) is 5.22. The van der Waals surface area contributed by atoms with Crippen molar-refractivity contribution in [2.75, 3.05) is 10.2 Å². The van der Waals surface area contributed by atoms with Crippen molar-refractivity contribution < 1.29 is 14.4 Å². The monoisotopic (exact) mass is 513 g/mol. The van der Waals surface area contributed by atoms with E-state index in [1.54, 1.807) is 48.5 Å². The number of amides is 3. The molecule has 0 unspecified atom stereocenters. The maximum absolute atomic E-state index is 13.0.